The van der Waals surface area contributed by atoms with Gasteiger partial charge in [-0.15, -0.1) is 0 Å². The number of fused-ring (bicyclic) bond motifs is 1. The van der Waals surface area contributed by atoms with Crippen LogP contribution < -0.4 is 4.80 Å². The van der Waals surface area contributed by atoms with Crippen molar-refractivity contribution >= 4 is 43.3 Å². The number of carbonyl (C=O) groups is 2. The first-order chi connectivity index (χ1) is 15.3. The molecular weight excluding hydrogens is 452 g/mol. The van der Waals surface area contributed by atoms with E-state index in [0.717, 1.165) is 16.5 Å². The Morgan fingerprint density at radius 1 is 1.09 bits per heavy atom. The van der Waals surface area contributed by atoms with Crippen LogP contribution in [0.4, 0.5) is 0 Å². The molecule has 10 heteroatoms. The molecule has 0 aliphatic rings. The fraction of sp³-hybridized carbons (Fsp3) is 0.318. The molecule has 170 valence electrons. The van der Waals surface area contributed by atoms with Crippen molar-refractivity contribution in [3.8, 4) is 0 Å². The van der Waals surface area contributed by atoms with Crippen LogP contribution in [0.3, 0.4) is 0 Å². The first kappa shape index (κ1) is 23.8. The molecule has 0 atom stereocenters. The Morgan fingerprint density at radius 3 is 2.53 bits per heavy atom. The van der Waals surface area contributed by atoms with E-state index in [-0.39, 0.29) is 17.1 Å². The molecule has 0 saturated heterocycles. The van der Waals surface area contributed by atoms with E-state index in [0.29, 0.717) is 30.1 Å². The van der Waals surface area contributed by atoms with Crippen LogP contribution in [0.1, 0.15) is 34.6 Å². The molecule has 0 saturated carbocycles. The molecule has 0 radical (unpaired) electrons. The Labute approximate surface area is 190 Å². The first-order valence-electron chi connectivity index (χ1n) is 10.0. The van der Waals surface area contributed by atoms with Crippen molar-refractivity contribution in [2.75, 3.05) is 26.1 Å². The van der Waals surface area contributed by atoms with Gasteiger partial charge in [-0.25, -0.2) is 13.2 Å². The third kappa shape index (κ3) is 5.32. The summed E-state index contributed by atoms with van der Waals surface area (Å²) in [4.78, 5) is 29.6. The fourth-order valence-corrected chi connectivity index (χ4v) is 5.10. The van der Waals surface area contributed by atoms with E-state index in [2.05, 4.69) is 4.99 Å². The van der Waals surface area contributed by atoms with Gasteiger partial charge in [0.05, 0.1) is 39.5 Å². The number of sulfone groups is 1. The molecular formula is C22H24N2O6S2. The average Bonchev–Trinajstić information content (AvgIpc) is 3.09. The van der Waals surface area contributed by atoms with E-state index in [1.165, 1.54) is 23.5 Å². The van der Waals surface area contributed by atoms with Crippen LogP contribution in [0.25, 0.3) is 10.2 Å². The van der Waals surface area contributed by atoms with Gasteiger partial charge in [0.15, 0.2) is 14.6 Å². The van der Waals surface area contributed by atoms with E-state index in [9.17, 15) is 18.0 Å². The standard InChI is InChI=1S/C22H24N2O6S2/c1-4-29-13-12-24-17-11-10-15(21(26)30-5-2)14-18(17)31-22(24)23-20(25)16-8-6-7-9-19(16)32(3,27)28/h6-11,14H,4-5,12-13H2,1-3H3. The lowest BCUT2D eigenvalue weighted by molar-refractivity contribution is 0.0526. The Hall–Kier alpha value is -2.82. The second-order valence-electron chi connectivity index (χ2n) is 6.82. The predicted molar refractivity (Wildman–Crippen MR) is 122 cm³/mol. The monoisotopic (exact) mass is 476 g/mol. The summed E-state index contributed by atoms with van der Waals surface area (Å²) in [6.45, 7) is 5.28. The molecule has 0 aliphatic carbocycles. The van der Waals surface area contributed by atoms with Crippen molar-refractivity contribution in [3.05, 3.63) is 58.4 Å². The number of aromatic nitrogens is 1. The molecule has 3 rings (SSSR count). The summed E-state index contributed by atoms with van der Waals surface area (Å²) in [5, 5.41) is 0. The molecule has 3 aromatic rings. The van der Waals surface area contributed by atoms with E-state index < -0.39 is 21.7 Å². The third-order valence-electron chi connectivity index (χ3n) is 4.57. The minimum Gasteiger partial charge on any atom is -0.462 e. The molecule has 1 amide bonds. The van der Waals surface area contributed by atoms with Gasteiger partial charge < -0.3 is 14.0 Å². The zero-order chi connectivity index (χ0) is 23.3. The summed E-state index contributed by atoms with van der Waals surface area (Å²) in [6, 6.07) is 11.1. The minimum atomic E-state index is -3.60. The van der Waals surface area contributed by atoms with Gasteiger partial charge in [0.1, 0.15) is 0 Å². The zero-order valence-electron chi connectivity index (χ0n) is 18.0. The lowest BCUT2D eigenvalue weighted by atomic mass is 10.2. The number of thiazole rings is 1. The number of ether oxygens (including phenoxy) is 2. The largest absolute Gasteiger partial charge is 0.462 e. The van der Waals surface area contributed by atoms with Crippen molar-refractivity contribution in [1.82, 2.24) is 4.57 Å². The molecule has 1 aromatic heterocycles. The quantitative estimate of drug-likeness (QED) is 0.366. The molecule has 0 N–H and O–H groups in total. The number of hydrogen-bond acceptors (Lipinski definition) is 7. The SMILES string of the molecule is CCOCCn1c(=NC(=O)c2ccccc2S(C)(=O)=O)sc2cc(C(=O)OCC)ccc21. The number of amides is 1. The van der Waals surface area contributed by atoms with Crippen LogP contribution in [0.15, 0.2) is 52.4 Å². The number of rotatable bonds is 8. The van der Waals surface area contributed by atoms with Crippen LogP contribution >= 0.6 is 11.3 Å². The van der Waals surface area contributed by atoms with Crippen LogP contribution in [0.2, 0.25) is 0 Å². The highest BCUT2D eigenvalue weighted by Gasteiger charge is 2.19. The van der Waals surface area contributed by atoms with Crippen molar-refractivity contribution in [1.29, 1.82) is 0 Å². The van der Waals surface area contributed by atoms with E-state index >= 15 is 0 Å². The van der Waals surface area contributed by atoms with Crippen molar-refractivity contribution in [3.63, 3.8) is 0 Å². The number of carbonyl (C=O) groups excluding carboxylic acids is 2. The number of nitrogens with zero attached hydrogens (tertiary/aromatic N) is 2. The molecule has 0 spiro atoms. The summed E-state index contributed by atoms with van der Waals surface area (Å²) in [7, 11) is -3.60. The Balaban J connectivity index is 2.13. The fourth-order valence-electron chi connectivity index (χ4n) is 3.13. The lowest BCUT2D eigenvalue weighted by Crippen LogP contribution is -2.20. The Morgan fingerprint density at radius 2 is 1.84 bits per heavy atom. The first-order valence-corrected chi connectivity index (χ1v) is 12.7. The van der Waals surface area contributed by atoms with Crippen LogP contribution in [0, 0.1) is 0 Å². The summed E-state index contributed by atoms with van der Waals surface area (Å²) in [5.74, 6) is -1.09. The predicted octanol–water partition coefficient (Wildman–Crippen LogP) is 3.06. The van der Waals surface area contributed by atoms with Gasteiger partial charge in [-0.2, -0.15) is 4.99 Å². The van der Waals surface area contributed by atoms with Crippen LogP contribution in [-0.2, 0) is 25.9 Å². The topological polar surface area (TPSA) is 104 Å². The third-order valence-corrected chi connectivity index (χ3v) is 6.77. The number of benzene rings is 2. The van der Waals surface area contributed by atoms with Crippen molar-refractivity contribution in [2.45, 2.75) is 25.3 Å². The Kier molecular flexibility index (Phi) is 7.60. The summed E-state index contributed by atoms with van der Waals surface area (Å²) < 4.78 is 37.3. The summed E-state index contributed by atoms with van der Waals surface area (Å²) >= 11 is 1.23. The van der Waals surface area contributed by atoms with E-state index in [1.807, 2.05) is 11.5 Å². The highest BCUT2D eigenvalue weighted by atomic mass is 32.2. The summed E-state index contributed by atoms with van der Waals surface area (Å²) in [5.41, 5.74) is 1.19. The van der Waals surface area contributed by atoms with Gasteiger partial charge in [0.25, 0.3) is 5.91 Å². The average molecular weight is 477 g/mol. The van der Waals surface area contributed by atoms with Crippen molar-refractivity contribution in [2.24, 2.45) is 4.99 Å². The molecule has 0 aliphatic heterocycles. The number of esters is 1. The van der Waals surface area contributed by atoms with Gasteiger partial charge in [-0.3, -0.25) is 4.79 Å². The molecule has 1 heterocycles. The second-order valence-corrected chi connectivity index (χ2v) is 9.81. The van der Waals surface area contributed by atoms with Crippen LogP contribution in [-0.4, -0.2) is 50.9 Å². The molecule has 0 bridgehead atoms. The highest BCUT2D eigenvalue weighted by Crippen LogP contribution is 2.21. The Bertz CT molecular complexity index is 1320. The zero-order valence-corrected chi connectivity index (χ0v) is 19.7. The van der Waals surface area contributed by atoms with Crippen molar-refractivity contribution < 1.29 is 27.5 Å². The lowest BCUT2D eigenvalue weighted by Gasteiger charge is -2.07. The maximum absolute atomic E-state index is 13.0. The van der Waals surface area contributed by atoms with Gasteiger partial charge in [0.2, 0.25) is 0 Å². The minimum absolute atomic E-state index is 0.0102. The summed E-state index contributed by atoms with van der Waals surface area (Å²) in [6.07, 6.45) is 1.05. The number of hydrogen-bond donors (Lipinski definition) is 0. The van der Waals surface area contributed by atoms with Gasteiger partial charge in [0, 0.05) is 19.4 Å². The molecule has 32 heavy (non-hydrogen) atoms. The molecule has 0 fully saturated rings. The smallest absolute Gasteiger partial charge is 0.338 e. The molecule has 2 aromatic carbocycles. The molecule has 8 nitrogen and oxygen atoms in total. The van der Waals surface area contributed by atoms with Gasteiger partial charge >= 0.3 is 5.97 Å². The maximum Gasteiger partial charge on any atom is 0.338 e. The van der Waals surface area contributed by atoms with Crippen LogP contribution in [0.5, 0.6) is 0 Å². The maximum atomic E-state index is 13.0. The second kappa shape index (κ2) is 10.2. The highest BCUT2D eigenvalue weighted by molar-refractivity contribution is 7.90. The van der Waals surface area contributed by atoms with Gasteiger partial charge in [-0.1, -0.05) is 23.5 Å². The van der Waals surface area contributed by atoms with E-state index in [1.54, 1.807) is 37.3 Å². The normalized spacial score (nSPS) is 12.3. The van der Waals surface area contributed by atoms with E-state index in [4.69, 9.17) is 9.47 Å². The molecule has 0 unspecified atom stereocenters. The van der Waals surface area contributed by atoms with Gasteiger partial charge in [-0.05, 0) is 44.2 Å².